The summed E-state index contributed by atoms with van der Waals surface area (Å²) >= 11 is 0. The minimum atomic E-state index is -1.77. The van der Waals surface area contributed by atoms with Crippen molar-refractivity contribution < 1.29 is 73.8 Å². The molecule has 0 spiro atoms. The second-order valence-corrected chi connectivity index (χ2v) is 17.3. The smallest absolute Gasteiger partial charge is 0.306 e. The lowest BCUT2D eigenvalue weighted by molar-refractivity contribution is -0.332. The number of carbonyl (C=O) groups is 2. The van der Waals surface area contributed by atoms with Crippen molar-refractivity contribution in [1.29, 1.82) is 0 Å². The van der Waals surface area contributed by atoms with Crippen molar-refractivity contribution in [2.24, 2.45) is 0 Å². The lowest BCUT2D eigenvalue weighted by atomic mass is 9.98. The van der Waals surface area contributed by atoms with Crippen LogP contribution in [0.4, 0.5) is 0 Å². The molecular weight excluding hydrogens is 829 g/mol. The van der Waals surface area contributed by atoms with Gasteiger partial charge in [0.1, 0.15) is 55.4 Å². The van der Waals surface area contributed by atoms with Crippen molar-refractivity contribution in [2.45, 2.75) is 235 Å². The molecule has 0 aromatic carbocycles. The Balaban J connectivity index is 1.83. The predicted molar refractivity (Wildman–Crippen MR) is 243 cm³/mol. The van der Waals surface area contributed by atoms with E-state index in [2.05, 4.69) is 50.3 Å². The van der Waals surface area contributed by atoms with Crippen molar-refractivity contribution in [3.63, 3.8) is 0 Å². The normalized spacial score (nSPS) is 26.9. The molecular formula is C49H86O15. The first-order chi connectivity index (χ1) is 31.0. The molecule has 15 nitrogen and oxygen atoms in total. The van der Waals surface area contributed by atoms with Crippen molar-refractivity contribution in [3.05, 3.63) is 36.5 Å². The van der Waals surface area contributed by atoms with E-state index in [4.69, 9.17) is 28.4 Å². The maximum absolute atomic E-state index is 12.9. The van der Waals surface area contributed by atoms with Gasteiger partial charge in [0, 0.05) is 12.8 Å². The molecule has 2 rings (SSSR count). The zero-order valence-electron chi connectivity index (χ0n) is 39.0. The number of rotatable bonds is 37. The van der Waals surface area contributed by atoms with E-state index in [1.54, 1.807) is 0 Å². The van der Waals surface area contributed by atoms with E-state index in [1.165, 1.54) is 64.2 Å². The number of ether oxygens (including phenoxy) is 6. The minimum Gasteiger partial charge on any atom is -0.462 e. The molecule has 0 aromatic rings. The number of hydrogen-bond acceptors (Lipinski definition) is 15. The summed E-state index contributed by atoms with van der Waals surface area (Å²) in [7, 11) is 0. The zero-order valence-corrected chi connectivity index (χ0v) is 39.0. The largest absolute Gasteiger partial charge is 0.462 e. The van der Waals surface area contributed by atoms with Crippen LogP contribution in [0.2, 0.25) is 0 Å². The quantitative estimate of drug-likeness (QED) is 0.0211. The van der Waals surface area contributed by atoms with Crippen LogP contribution in [0.3, 0.4) is 0 Å². The molecule has 11 atom stereocenters. The van der Waals surface area contributed by atoms with Gasteiger partial charge in [0.25, 0.3) is 0 Å². The molecule has 0 saturated carbocycles. The fourth-order valence-electron chi connectivity index (χ4n) is 7.52. The van der Waals surface area contributed by atoms with Crippen molar-refractivity contribution in [3.8, 4) is 0 Å². The standard InChI is InChI=1S/C49H86O15/c1-3-5-7-9-11-13-15-16-17-18-19-20-22-23-25-27-29-31-40(51)59-34-37(62-41(52)32-30-28-26-24-21-14-12-10-8-6-4-2)35-60-48-47(58)45(56)43(54)39(64-48)36-61-49-46(57)44(55)42(53)38(33-50)63-49/h11,13,16-17,19-20,37-39,42-50,53-58H,3-10,12,14-15,18,21-36H2,1-2H3/b13-11+,17-16+,20-19+/t37-,38+,39+,42-,43-,44?,45?,46?,47?,48+,49+/m0/s1. The van der Waals surface area contributed by atoms with Gasteiger partial charge in [-0.3, -0.25) is 9.59 Å². The SMILES string of the molecule is CCCCC/C=C/C/C=C/C/C=C/CCCCCCC(=O)OC[C@@H](CO[C@@H]1O[C@H](CO[C@@H]2O[C@H](CO)[C@H](O)C(O)C2O)[C@H](O)C(O)C1O)OC(=O)CCCCCCCCCCCCC. The van der Waals surface area contributed by atoms with Gasteiger partial charge >= 0.3 is 11.9 Å². The molecule has 15 heteroatoms. The highest BCUT2D eigenvalue weighted by molar-refractivity contribution is 5.70. The highest BCUT2D eigenvalue weighted by Gasteiger charge is 2.47. The number of aliphatic hydroxyl groups excluding tert-OH is 7. The van der Waals surface area contributed by atoms with Crippen LogP contribution in [0.25, 0.3) is 0 Å². The van der Waals surface area contributed by atoms with E-state index in [0.29, 0.717) is 12.8 Å². The van der Waals surface area contributed by atoms with E-state index >= 15 is 0 Å². The Kier molecular flexibility index (Phi) is 33.3. The van der Waals surface area contributed by atoms with Gasteiger partial charge in [-0.1, -0.05) is 140 Å². The molecule has 0 radical (unpaired) electrons. The topological polar surface area (TPSA) is 231 Å². The fraction of sp³-hybridized carbons (Fsp3) is 0.837. The highest BCUT2D eigenvalue weighted by atomic mass is 16.7. The van der Waals surface area contributed by atoms with Gasteiger partial charge in [-0.15, -0.1) is 0 Å². The zero-order chi connectivity index (χ0) is 46.8. The number of esters is 2. The lowest BCUT2D eigenvalue weighted by Gasteiger charge is -2.42. The number of hydrogen-bond donors (Lipinski definition) is 7. The minimum absolute atomic E-state index is 0.162. The fourth-order valence-corrected chi connectivity index (χ4v) is 7.52. The van der Waals surface area contributed by atoms with Gasteiger partial charge in [-0.2, -0.15) is 0 Å². The number of unbranched alkanes of at least 4 members (excludes halogenated alkanes) is 17. The van der Waals surface area contributed by atoms with Gasteiger partial charge in [0.05, 0.1) is 19.8 Å². The Bertz CT molecular complexity index is 1260. The highest BCUT2D eigenvalue weighted by Crippen LogP contribution is 2.26. The summed E-state index contributed by atoms with van der Waals surface area (Å²) in [6.45, 7) is 2.52. The summed E-state index contributed by atoms with van der Waals surface area (Å²) in [5.41, 5.74) is 0. The molecule has 4 unspecified atom stereocenters. The van der Waals surface area contributed by atoms with Crippen LogP contribution in [-0.4, -0.2) is 142 Å². The van der Waals surface area contributed by atoms with Crippen molar-refractivity contribution in [2.75, 3.05) is 26.4 Å². The molecule has 64 heavy (non-hydrogen) atoms. The molecule has 2 saturated heterocycles. The number of allylic oxidation sites excluding steroid dienone is 6. The molecule has 2 aliphatic heterocycles. The van der Waals surface area contributed by atoms with Crippen molar-refractivity contribution in [1.82, 2.24) is 0 Å². The average Bonchev–Trinajstić information content (AvgIpc) is 3.29. The Morgan fingerprint density at radius 1 is 0.500 bits per heavy atom. The van der Waals surface area contributed by atoms with Crippen LogP contribution in [0, 0.1) is 0 Å². The number of carbonyl (C=O) groups excluding carboxylic acids is 2. The Labute approximate surface area is 383 Å². The van der Waals surface area contributed by atoms with E-state index in [0.717, 1.165) is 64.2 Å². The first-order valence-electron chi connectivity index (χ1n) is 24.6. The van der Waals surface area contributed by atoms with Gasteiger partial charge in [-0.05, 0) is 51.4 Å². The molecule has 2 fully saturated rings. The monoisotopic (exact) mass is 915 g/mol. The van der Waals surface area contributed by atoms with E-state index < -0.39 is 92.7 Å². The third kappa shape index (κ3) is 25.0. The molecule has 0 amide bonds. The van der Waals surface area contributed by atoms with E-state index in [9.17, 15) is 45.3 Å². The van der Waals surface area contributed by atoms with Gasteiger partial charge in [0.2, 0.25) is 0 Å². The molecule has 0 aromatic heterocycles. The third-order valence-electron chi connectivity index (χ3n) is 11.6. The third-order valence-corrected chi connectivity index (χ3v) is 11.6. The molecule has 2 aliphatic rings. The van der Waals surface area contributed by atoms with Crippen LogP contribution in [0.1, 0.15) is 168 Å². The Morgan fingerprint density at radius 2 is 0.938 bits per heavy atom. The first-order valence-corrected chi connectivity index (χ1v) is 24.6. The molecule has 0 aliphatic carbocycles. The van der Waals surface area contributed by atoms with Crippen molar-refractivity contribution >= 4 is 11.9 Å². The van der Waals surface area contributed by atoms with Crippen LogP contribution in [-0.2, 0) is 38.0 Å². The average molecular weight is 915 g/mol. The Morgan fingerprint density at radius 3 is 1.50 bits per heavy atom. The predicted octanol–water partition coefficient (Wildman–Crippen LogP) is 6.15. The molecule has 7 N–H and O–H groups in total. The second-order valence-electron chi connectivity index (χ2n) is 17.3. The van der Waals surface area contributed by atoms with E-state index in [1.807, 2.05) is 0 Å². The maximum Gasteiger partial charge on any atom is 0.306 e. The first kappa shape index (κ1) is 57.8. The van der Waals surface area contributed by atoms with Gasteiger partial charge in [0.15, 0.2) is 18.7 Å². The maximum atomic E-state index is 12.9. The summed E-state index contributed by atoms with van der Waals surface area (Å²) in [6.07, 6.45) is 20.4. The molecule has 0 bridgehead atoms. The van der Waals surface area contributed by atoms with Gasteiger partial charge < -0.3 is 64.2 Å². The van der Waals surface area contributed by atoms with E-state index in [-0.39, 0.29) is 26.1 Å². The Hall–Kier alpha value is -2.28. The summed E-state index contributed by atoms with van der Waals surface area (Å²) in [5, 5.41) is 71.9. The van der Waals surface area contributed by atoms with Gasteiger partial charge in [-0.25, -0.2) is 0 Å². The molecule has 372 valence electrons. The summed E-state index contributed by atoms with van der Waals surface area (Å²) in [4.78, 5) is 25.7. The summed E-state index contributed by atoms with van der Waals surface area (Å²) < 4.78 is 33.5. The second kappa shape index (κ2) is 36.8. The van der Waals surface area contributed by atoms with Crippen LogP contribution >= 0.6 is 0 Å². The molecule has 2 heterocycles. The summed E-state index contributed by atoms with van der Waals surface area (Å²) in [5.74, 6) is -0.950. The lowest BCUT2D eigenvalue weighted by Crippen LogP contribution is -2.61. The van der Waals surface area contributed by atoms with Crippen LogP contribution in [0.15, 0.2) is 36.5 Å². The summed E-state index contributed by atoms with van der Waals surface area (Å²) in [6, 6.07) is 0. The van der Waals surface area contributed by atoms with Crippen LogP contribution < -0.4 is 0 Å². The number of aliphatic hydroxyl groups is 7. The van der Waals surface area contributed by atoms with Crippen LogP contribution in [0.5, 0.6) is 0 Å².